The molecule has 1 heterocycles. The minimum atomic E-state index is -4.45. The number of benzene rings is 3. The predicted octanol–water partition coefficient (Wildman–Crippen LogP) is 5.16. The molecule has 0 saturated heterocycles. The van der Waals surface area contributed by atoms with Crippen LogP contribution in [0.2, 0.25) is 0 Å². The van der Waals surface area contributed by atoms with Crippen molar-refractivity contribution in [1.29, 1.82) is 0 Å². The molecule has 34 heavy (non-hydrogen) atoms. The summed E-state index contributed by atoms with van der Waals surface area (Å²) in [6.45, 7) is 5.59. The lowest BCUT2D eigenvalue weighted by Gasteiger charge is -2.18. The van der Waals surface area contributed by atoms with E-state index in [9.17, 15) is 18.0 Å². The Bertz CT molecular complexity index is 1420. The van der Waals surface area contributed by atoms with E-state index in [0.29, 0.717) is 28.1 Å². The van der Waals surface area contributed by atoms with Crippen molar-refractivity contribution >= 4 is 0 Å². The molecule has 6 nitrogen and oxygen atoms in total. The van der Waals surface area contributed by atoms with E-state index >= 15 is 0 Å². The van der Waals surface area contributed by atoms with Gasteiger partial charge in [0.05, 0.1) is 11.3 Å². The maximum atomic E-state index is 13.5. The van der Waals surface area contributed by atoms with Gasteiger partial charge in [0.1, 0.15) is 12.4 Å². The molecule has 0 bridgehead atoms. The van der Waals surface area contributed by atoms with Gasteiger partial charge in [0.25, 0.3) is 0 Å². The molecule has 176 valence electrons. The third-order valence-corrected chi connectivity index (χ3v) is 5.75. The quantitative estimate of drug-likeness (QED) is 0.406. The highest BCUT2D eigenvalue weighted by Gasteiger charge is 2.33. The molecule has 1 aromatic heterocycles. The smallest absolute Gasteiger partial charge is 0.417 e. The number of nitrogens with zero attached hydrogens (tertiary/aromatic N) is 4. The summed E-state index contributed by atoms with van der Waals surface area (Å²) in [7, 11) is 1.52. The van der Waals surface area contributed by atoms with Crippen LogP contribution in [0.4, 0.5) is 13.2 Å². The zero-order chi connectivity index (χ0) is 24.6. The van der Waals surface area contributed by atoms with Gasteiger partial charge in [0.2, 0.25) is 0 Å². The fourth-order valence-electron chi connectivity index (χ4n) is 3.89. The lowest BCUT2D eigenvalue weighted by atomic mass is 9.94. The molecule has 0 saturated carbocycles. The van der Waals surface area contributed by atoms with Crippen molar-refractivity contribution in [2.75, 3.05) is 0 Å². The number of ether oxygens (including phenoxy) is 1. The van der Waals surface area contributed by atoms with E-state index in [2.05, 4.69) is 10.4 Å². The average Bonchev–Trinajstić information content (AvgIpc) is 3.12. The Morgan fingerprint density at radius 1 is 0.882 bits per heavy atom. The molecule has 4 rings (SSSR count). The van der Waals surface area contributed by atoms with Gasteiger partial charge in [-0.2, -0.15) is 22.5 Å². The summed E-state index contributed by atoms with van der Waals surface area (Å²) in [6.07, 6.45) is -4.45. The van der Waals surface area contributed by atoms with Gasteiger partial charge >= 0.3 is 11.9 Å². The fraction of sp³-hybridized carbons (Fsp3) is 0.240. The zero-order valence-corrected chi connectivity index (χ0v) is 19.1. The van der Waals surface area contributed by atoms with Crippen LogP contribution in [-0.4, -0.2) is 19.8 Å². The van der Waals surface area contributed by atoms with Gasteiger partial charge < -0.3 is 4.74 Å². The van der Waals surface area contributed by atoms with Crippen LogP contribution in [-0.2, 0) is 19.8 Å². The first kappa shape index (κ1) is 23.3. The summed E-state index contributed by atoms with van der Waals surface area (Å²) < 4.78 is 49.1. The molecule has 0 aliphatic rings. The normalized spacial score (nSPS) is 11.6. The van der Waals surface area contributed by atoms with E-state index in [1.54, 1.807) is 38.1 Å². The molecule has 0 spiro atoms. The van der Waals surface area contributed by atoms with Gasteiger partial charge in [-0.15, -0.1) is 0 Å². The first-order valence-corrected chi connectivity index (χ1v) is 10.6. The largest absolute Gasteiger partial charge is 0.489 e. The van der Waals surface area contributed by atoms with Crippen LogP contribution >= 0.6 is 0 Å². The van der Waals surface area contributed by atoms with Gasteiger partial charge in [-0.25, -0.2) is 4.79 Å². The molecule has 0 aliphatic heterocycles. The first-order chi connectivity index (χ1) is 16.1. The van der Waals surface area contributed by atoms with Crippen molar-refractivity contribution < 1.29 is 17.9 Å². The lowest BCUT2D eigenvalue weighted by Crippen LogP contribution is -2.23. The topological polar surface area (TPSA) is 61.9 Å². The lowest BCUT2D eigenvalue weighted by molar-refractivity contribution is -0.137. The maximum absolute atomic E-state index is 13.5. The van der Waals surface area contributed by atoms with Crippen LogP contribution in [0, 0.1) is 20.8 Å². The second kappa shape index (κ2) is 8.81. The Morgan fingerprint density at radius 2 is 1.62 bits per heavy atom. The van der Waals surface area contributed by atoms with Crippen molar-refractivity contribution in [2.24, 2.45) is 7.05 Å². The summed E-state index contributed by atoms with van der Waals surface area (Å²) in [6, 6.07) is 14.5. The highest BCUT2D eigenvalue weighted by atomic mass is 19.4. The maximum Gasteiger partial charge on any atom is 0.417 e. The first-order valence-electron chi connectivity index (χ1n) is 10.6. The average molecular weight is 468 g/mol. The minimum absolute atomic E-state index is 0.130. The number of aryl methyl sites for hydroxylation is 4. The van der Waals surface area contributed by atoms with Crippen LogP contribution < -0.4 is 10.4 Å². The number of hydrogen-bond donors (Lipinski definition) is 0. The Labute approximate surface area is 194 Å². The molecule has 0 N–H and O–H groups in total. The van der Waals surface area contributed by atoms with E-state index in [-0.39, 0.29) is 17.9 Å². The monoisotopic (exact) mass is 468 g/mol. The third kappa shape index (κ3) is 4.33. The number of alkyl halides is 3. The Hall–Kier alpha value is -3.88. The van der Waals surface area contributed by atoms with Gasteiger partial charge in [0, 0.05) is 12.6 Å². The van der Waals surface area contributed by atoms with Crippen molar-refractivity contribution in [3.63, 3.8) is 0 Å². The minimum Gasteiger partial charge on any atom is -0.489 e. The molecule has 0 fully saturated rings. The van der Waals surface area contributed by atoms with Gasteiger partial charge in [0.15, 0.2) is 0 Å². The molecular formula is C25H23F3N4O2. The summed E-state index contributed by atoms with van der Waals surface area (Å²) in [4.78, 5) is 12.4. The number of rotatable bonds is 5. The number of tetrazole rings is 1. The summed E-state index contributed by atoms with van der Waals surface area (Å²) in [5.74, 6) is 0.548. The van der Waals surface area contributed by atoms with Crippen molar-refractivity contribution in [2.45, 2.75) is 33.6 Å². The Morgan fingerprint density at radius 3 is 2.29 bits per heavy atom. The zero-order valence-electron chi connectivity index (χ0n) is 19.1. The molecular weight excluding hydrogens is 445 g/mol. The van der Waals surface area contributed by atoms with Crippen LogP contribution in [0.25, 0.3) is 16.8 Å². The SMILES string of the molecule is Cc1cc(-c2ccccc2C(F)(F)F)c(C)cc1OCc1c(C)cccc1-n1nnn(C)c1=O. The molecule has 0 atom stereocenters. The van der Waals surface area contributed by atoms with E-state index in [1.807, 2.05) is 19.1 Å². The molecule has 0 aliphatic carbocycles. The second-order valence-electron chi connectivity index (χ2n) is 8.13. The number of halogens is 3. The van der Waals surface area contributed by atoms with Gasteiger partial charge in [-0.05, 0) is 83.3 Å². The van der Waals surface area contributed by atoms with Crippen molar-refractivity contribution in [3.05, 3.63) is 92.9 Å². The van der Waals surface area contributed by atoms with Crippen LogP contribution in [0.1, 0.15) is 27.8 Å². The fourth-order valence-corrected chi connectivity index (χ4v) is 3.89. The second-order valence-corrected chi connectivity index (χ2v) is 8.13. The van der Waals surface area contributed by atoms with E-state index in [0.717, 1.165) is 21.9 Å². The summed E-state index contributed by atoms with van der Waals surface area (Å²) >= 11 is 0. The van der Waals surface area contributed by atoms with Gasteiger partial charge in [-0.1, -0.05) is 30.3 Å². The molecule has 9 heteroatoms. The highest BCUT2D eigenvalue weighted by Crippen LogP contribution is 2.39. The molecule has 3 aromatic carbocycles. The number of aromatic nitrogens is 4. The van der Waals surface area contributed by atoms with E-state index in [1.165, 1.54) is 23.9 Å². The molecule has 0 unspecified atom stereocenters. The summed E-state index contributed by atoms with van der Waals surface area (Å²) in [5, 5.41) is 7.68. The summed E-state index contributed by atoms with van der Waals surface area (Å²) in [5.41, 5.74) is 3.15. The standard InChI is InChI=1S/C25H23F3N4O2/c1-15-8-7-11-22(32-24(33)31(4)29-30-32)20(15)14-34-23-13-16(2)19(12-17(23)3)18-9-5-6-10-21(18)25(26,27)28/h5-13H,14H2,1-4H3. The third-order valence-electron chi connectivity index (χ3n) is 5.75. The predicted molar refractivity (Wildman–Crippen MR) is 122 cm³/mol. The van der Waals surface area contributed by atoms with Crippen LogP contribution in [0.3, 0.4) is 0 Å². The van der Waals surface area contributed by atoms with E-state index in [4.69, 9.17) is 4.74 Å². The van der Waals surface area contributed by atoms with Crippen LogP contribution in [0.15, 0.2) is 59.4 Å². The molecule has 4 aromatic rings. The molecule has 0 radical (unpaired) electrons. The van der Waals surface area contributed by atoms with Gasteiger partial charge in [-0.3, -0.25) is 0 Å². The Kier molecular flexibility index (Phi) is 6.03. The van der Waals surface area contributed by atoms with Crippen molar-refractivity contribution in [3.8, 4) is 22.6 Å². The molecule has 0 amide bonds. The van der Waals surface area contributed by atoms with E-state index < -0.39 is 11.7 Å². The number of hydrogen-bond acceptors (Lipinski definition) is 4. The Balaban J connectivity index is 1.68. The van der Waals surface area contributed by atoms with Crippen LogP contribution in [0.5, 0.6) is 5.75 Å². The van der Waals surface area contributed by atoms with Crippen molar-refractivity contribution in [1.82, 2.24) is 19.8 Å². The highest BCUT2D eigenvalue weighted by molar-refractivity contribution is 5.73.